The zero-order valence-corrected chi connectivity index (χ0v) is 15.9. The molecular formula is C22H27N3O2. The standard InChI is InChI=1S/C22H27N3O2/c1-24(21-11-6-17-4-2-3-5-20(17)21)16-22(26)23-18-7-9-19(10-8-18)25-12-14-27-15-13-25/h2-5,7-10,21H,6,11-16H2,1H3,(H,23,26). The summed E-state index contributed by atoms with van der Waals surface area (Å²) in [5.74, 6) is 0.0287. The van der Waals surface area contributed by atoms with E-state index in [0.29, 0.717) is 12.6 Å². The largest absolute Gasteiger partial charge is 0.378 e. The van der Waals surface area contributed by atoms with Crippen LogP contribution in [0.2, 0.25) is 0 Å². The van der Waals surface area contributed by atoms with Crippen molar-refractivity contribution in [2.75, 3.05) is 50.1 Å². The van der Waals surface area contributed by atoms with Crippen LogP contribution in [-0.2, 0) is 16.0 Å². The van der Waals surface area contributed by atoms with Crippen LogP contribution in [0, 0.1) is 0 Å². The second-order valence-electron chi connectivity index (χ2n) is 7.36. The van der Waals surface area contributed by atoms with Gasteiger partial charge in [0, 0.05) is 30.5 Å². The molecule has 1 unspecified atom stereocenters. The summed E-state index contributed by atoms with van der Waals surface area (Å²) in [6.07, 6.45) is 2.17. The molecule has 142 valence electrons. The predicted molar refractivity (Wildman–Crippen MR) is 108 cm³/mol. The number of carbonyl (C=O) groups is 1. The fraction of sp³-hybridized carbons (Fsp3) is 0.409. The van der Waals surface area contributed by atoms with Gasteiger partial charge in [-0.05, 0) is 55.3 Å². The van der Waals surface area contributed by atoms with Crippen LogP contribution >= 0.6 is 0 Å². The molecule has 5 heteroatoms. The van der Waals surface area contributed by atoms with E-state index in [-0.39, 0.29) is 5.91 Å². The summed E-state index contributed by atoms with van der Waals surface area (Å²) >= 11 is 0. The van der Waals surface area contributed by atoms with Gasteiger partial charge in [-0.25, -0.2) is 0 Å². The van der Waals surface area contributed by atoms with Crippen LogP contribution in [0.4, 0.5) is 11.4 Å². The van der Waals surface area contributed by atoms with E-state index in [1.165, 1.54) is 16.8 Å². The number of hydrogen-bond donors (Lipinski definition) is 1. The van der Waals surface area contributed by atoms with Gasteiger partial charge in [-0.2, -0.15) is 0 Å². The van der Waals surface area contributed by atoms with Crippen molar-refractivity contribution in [3.8, 4) is 0 Å². The number of rotatable bonds is 5. The molecule has 1 fully saturated rings. The quantitative estimate of drug-likeness (QED) is 0.884. The Hall–Kier alpha value is -2.37. The molecule has 2 aromatic rings. The first-order valence-electron chi connectivity index (χ1n) is 9.71. The lowest BCUT2D eigenvalue weighted by Gasteiger charge is -2.29. The Kier molecular flexibility index (Phi) is 5.41. The van der Waals surface area contributed by atoms with Crippen molar-refractivity contribution in [1.82, 2.24) is 4.90 Å². The summed E-state index contributed by atoms with van der Waals surface area (Å²) in [4.78, 5) is 17.0. The lowest BCUT2D eigenvalue weighted by Crippen LogP contribution is -2.36. The molecule has 1 N–H and O–H groups in total. The number of amides is 1. The first-order chi connectivity index (χ1) is 13.2. The molecule has 0 radical (unpaired) electrons. The van der Waals surface area contributed by atoms with Crippen molar-refractivity contribution in [3.05, 3.63) is 59.7 Å². The first kappa shape index (κ1) is 18.0. The second-order valence-corrected chi connectivity index (χ2v) is 7.36. The van der Waals surface area contributed by atoms with E-state index in [1.807, 2.05) is 19.2 Å². The third-order valence-corrected chi connectivity index (χ3v) is 5.55. The maximum Gasteiger partial charge on any atom is 0.238 e. The molecule has 0 aromatic heterocycles. The van der Waals surface area contributed by atoms with Gasteiger partial charge in [-0.3, -0.25) is 9.69 Å². The number of benzene rings is 2. The topological polar surface area (TPSA) is 44.8 Å². The summed E-state index contributed by atoms with van der Waals surface area (Å²) in [7, 11) is 2.04. The van der Waals surface area contributed by atoms with E-state index in [2.05, 4.69) is 51.5 Å². The van der Waals surface area contributed by atoms with Gasteiger partial charge in [0.25, 0.3) is 0 Å². The lowest BCUT2D eigenvalue weighted by atomic mass is 10.1. The highest BCUT2D eigenvalue weighted by Crippen LogP contribution is 2.34. The predicted octanol–water partition coefficient (Wildman–Crippen LogP) is 3.08. The molecule has 5 nitrogen and oxygen atoms in total. The molecule has 1 atom stereocenters. The Labute approximate surface area is 160 Å². The minimum atomic E-state index is 0.0287. The van der Waals surface area contributed by atoms with E-state index >= 15 is 0 Å². The molecular weight excluding hydrogens is 338 g/mol. The van der Waals surface area contributed by atoms with Gasteiger partial charge in [0.1, 0.15) is 0 Å². The minimum Gasteiger partial charge on any atom is -0.378 e. The van der Waals surface area contributed by atoms with Crippen LogP contribution in [0.5, 0.6) is 0 Å². The number of nitrogens with one attached hydrogen (secondary N) is 1. The van der Waals surface area contributed by atoms with Crippen molar-refractivity contribution >= 4 is 17.3 Å². The van der Waals surface area contributed by atoms with E-state index in [1.54, 1.807) is 0 Å². The Morgan fingerprint density at radius 3 is 2.67 bits per heavy atom. The number of hydrogen-bond acceptors (Lipinski definition) is 4. The van der Waals surface area contributed by atoms with Crippen molar-refractivity contribution in [3.63, 3.8) is 0 Å². The lowest BCUT2D eigenvalue weighted by molar-refractivity contribution is -0.117. The molecule has 4 rings (SSSR count). The number of fused-ring (bicyclic) bond motifs is 1. The number of carbonyl (C=O) groups excluding carboxylic acids is 1. The van der Waals surface area contributed by atoms with Crippen molar-refractivity contribution in [1.29, 1.82) is 0 Å². The number of anilines is 2. The van der Waals surface area contributed by atoms with E-state index in [4.69, 9.17) is 4.74 Å². The third-order valence-electron chi connectivity index (χ3n) is 5.55. The zero-order chi connectivity index (χ0) is 18.6. The summed E-state index contributed by atoms with van der Waals surface area (Å²) in [6.45, 7) is 3.77. The van der Waals surface area contributed by atoms with Gasteiger partial charge in [0.15, 0.2) is 0 Å². The van der Waals surface area contributed by atoms with Crippen molar-refractivity contribution in [2.45, 2.75) is 18.9 Å². The average Bonchev–Trinajstić information content (AvgIpc) is 3.13. The summed E-state index contributed by atoms with van der Waals surface area (Å²) in [6, 6.07) is 17.0. The van der Waals surface area contributed by atoms with Gasteiger partial charge in [-0.15, -0.1) is 0 Å². The molecule has 0 spiro atoms. The Morgan fingerprint density at radius 2 is 1.89 bits per heavy atom. The highest BCUT2D eigenvalue weighted by atomic mass is 16.5. The second kappa shape index (κ2) is 8.11. The molecule has 1 amide bonds. The Bertz CT molecular complexity index is 784. The molecule has 2 aliphatic rings. The smallest absolute Gasteiger partial charge is 0.238 e. The number of nitrogens with zero attached hydrogens (tertiary/aromatic N) is 2. The summed E-state index contributed by atoms with van der Waals surface area (Å²) in [5, 5.41) is 3.03. The number of ether oxygens (including phenoxy) is 1. The van der Waals surface area contributed by atoms with E-state index in [0.717, 1.165) is 44.8 Å². The van der Waals surface area contributed by atoms with Gasteiger partial charge in [0.05, 0.1) is 19.8 Å². The highest BCUT2D eigenvalue weighted by molar-refractivity contribution is 5.92. The van der Waals surface area contributed by atoms with Gasteiger partial charge >= 0.3 is 0 Å². The minimum absolute atomic E-state index is 0.0287. The van der Waals surface area contributed by atoms with Crippen LogP contribution in [0.1, 0.15) is 23.6 Å². The molecule has 0 saturated carbocycles. The monoisotopic (exact) mass is 365 g/mol. The number of aryl methyl sites for hydroxylation is 1. The Morgan fingerprint density at radius 1 is 1.15 bits per heavy atom. The van der Waals surface area contributed by atoms with Gasteiger partial charge in [-0.1, -0.05) is 24.3 Å². The van der Waals surface area contributed by atoms with Gasteiger partial charge in [0.2, 0.25) is 5.91 Å². The van der Waals surface area contributed by atoms with Crippen LogP contribution in [0.25, 0.3) is 0 Å². The number of morpholine rings is 1. The SMILES string of the molecule is CN(CC(=O)Nc1ccc(N2CCOCC2)cc1)C1CCc2ccccc21. The maximum absolute atomic E-state index is 12.5. The van der Waals surface area contributed by atoms with Crippen molar-refractivity contribution < 1.29 is 9.53 Å². The van der Waals surface area contributed by atoms with Crippen LogP contribution < -0.4 is 10.2 Å². The molecule has 1 heterocycles. The summed E-state index contributed by atoms with van der Waals surface area (Å²) < 4.78 is 5.40. The number of likely N-dealkylation sites (N-methyl/N-ethyl adjacent to an activating group) is 1. The summed E-state index contributed by atoms with van der Waals surface area (Å²) in [5.41, 5.74) is 4.80. The fourth-order valence-electron chi connectivity index (χ4n) is 4.11. The van der Waals surface area contributed by atoms with Gasteiger partial charge < -0.3 is 15.0 Å². The van der Waals surface area contributed by atoms with E-state index < -0.39 is 0 Å². The molecule has 1 aliphatic carbocycles. The maximum atomic E-state index is 12.5. The zero-order valence-electron chi connectivity index (χ0n) is 15.9. The first-order valence-corrected chi connectivity index (χ1v) is 9.71. The Balaban J connectivity index is 1.33. The van der Waals surface area contributed by atoms with Crippen LogP contribution in [0.3, 0.4) is 0 Å². The fourth-order valence-corrected chi connectivity index (χ4v) is 4.11. The molecule has 2 aromatic carbocycles. The van der Waals surface area contributed by atoms with E-state index in [9.17, 15) is 4.79 Å². The van der Waals surface area contributed by atoms with Crippen LogP contribution in [-0.4, -0.2) is 50.7 Å². The third kappa shape index (κ3) is 4.15. The molecule has 27 heavy (non-hydrogen) atoms. The average molecular weight is 365 g/mol. The normalized spacial score (nSPS) is 19.2. The highest BCUT2D eigenvalue weighted by Gasteiger charge is 2.26. The van der Waals surface area contributed by atoms with Crippen molar-refractivity contribution in [2.24, 2.45) is 0 Å². The molecule has 1 saturated heterocycles. The van der Waals surface area contributed by atoms with Crippen LogP contribution in [0.15, 0.2) is 48.5 Å². The molecule has 1 aliphatic heterocycles. The molecule has 0 bridgehead atoms.